The number of hydrogen-bond donors (Lipinski definition) is 1. The lowest BCUT2D eigenvalue weighted by Gasteiger charge is -2.38. The molecular weight excluding hydrogens is 528 g/mol. The van der Waals surface area contributed by atoms with E-state index in [-0.39, 0.29) is 23.7 Å². The lowest BCUT2D eigenvalue weighted by atomic mass is 10.1. The van der Waals surface area contributed by atoms with Gasteiger partial charge in [-0.15, -0.1) is 0 Å². The molecule has 0 saturated heterocycles. The highest BCUT2D eigenvalue weighted by Crippen LogP contribution is 2.33. The van der Waals surface area contributed by atoms with Crippen LogP contribution in [0.1, 0.15) is 25.0 Å². The number of anilines is 3. The van der Waals surface area contributed by atoms with Crippen LogP contribution in [0.4, 0.5) is 30.8 Å². The van der Waals surface area contributed by atoms with E-state index < -0.39 is 54.5 Å². The molecule has 1 aromatic heterocycles. The Labute approximate surface area is 212 Å². The van der Waals surface area contributed by atoms with E-state index in [9.17, 15) is 30.4 Å². The smallest absolute Gasteiger partial charge is 0.289 e. The molecule has 0 fully saturated rings. The zero-order valence-corrected chi connectivity index (χ0v) is 21.6. The van der Waals surface area contributed by atoms with Crippen molar-refractivity contribution in [3.63, 3.8) is 0 Å². The third kappa shape index (κ3) is 5.69. The van der Waals surface area contributed by atoms with E-state index in [1.54, 1.807) is 13.8 Å². The molecule has 1 aliphatic rings. The second-order valence-corrected chi connectivity index (χ2v) is 12.4. The molecule has 1 N–H and O–H groups in total. The first-order valence-electron chi connectivity index (χ1n) is 11.0. The van der Waals surface area contributed by atoms with Crippen molar-refractivity contribution in [2.75, 3.05) is 20.8 Å². The van der Waals surface area contributed by atoms with Gasteiger partial charge in [-0.05, 0) is 49.7 Å². The number of sulfone groups is 1. The fourth-order valence-electron chi connectivity index (χ4n) is 3.77. The number of hydrogen-bond acceptors (Lipinski definition) is 7. The number of carbonyl (C=O) groups excluding carboxylic acids is 1. The van der Waals surface area contributed by atoms with Gasteiger partial charge in [-0.25, -0.2) is 40.4 Å². The number of amides is 2. The predicted molar refractivity (Wildman–Crippen MR) is 133 cm³/mol. The number of nitrogens with zero attached hydrogens (tertiary/aromatic N) is 4. The van der Waals surface area contributed by atoms with Gasteiger partial charge in [-0.1, -0.05) is 12.1 Å². The SMILES string of the molecule is CC(C)N1C(=O)N(c2ccc(NS(=O)(=O)Cc3ccc(F)cc3)c(F)c2)Cc2cnc(S(C)(=O)=O)nc21. The standard InChI is InChI=1S/C23H23F2N5O5S2/c1-14(2)30-21-16(11-26-22(27-21)36(3,32)33)12-29(23(30)31)18-8-9-20(19(25)10-18)28-37(34,35)13-15-4-6-17(24)7-5-15/h4-11,14,28H,12-13H2,1-3H3. The molecule has 0 radical (unpaired) electrons. The largest absolute Gasteiger partial charge is 0.330 e. The number of carbonyl (C=O) groups is 1. The summed E-state index contributed by atoms with van der Waals surface area (Å²) in [6.45, 7) is 3.37. The minimum absolute atomic E-state index is 0.0590. The third-order valence-corrected chi connectivity index (χ3v) is 7.57. The predicted octanol–water partition coefficient (Wildman–Crippen LogP) is 3.46. The van der Waals surface area contributed by atoms with Crippen LogP contribution in [-0.4, -0.2) is 45.1 Å². The van der Waals surface area contributed by atoms with Gasteiger partial charge in [0.1, 0.15) is 17.5 Å². The van der Waals surface area contributed by atoms with Crippen molar-refractivity contribution in [2.45, 2.75) is 37.3 Å². The maximum absolute atomic E-state index is 15.0. The number of benzene rings is 2. The Kier molecular flexibility index (Phi) is 6.90. The van der Waals surface area contributed by atoms with Crippen molar-refractivity contribution in [1.29, 1.82) is 0 Å². The quantitative estimate of drug-likeness (QED) is 0.445. The van der Waals surface area contributed by atoms with E-state index in [1.165, 1.54) is 40.3 Å². The molecule has 2 heterocycles. The molecule has 0 spiro atoms. The Balaban J connectivity index is 1.61. The summed E-state index contributed by atoms with van der Waals surface area (Å²) in [7, 11) is -7.73. The summed E-state index contributed by atoms with van der Waals surface area (Å²) in [5.74, 6) is -1.77. The van der Waals surface area contributed by atoms with Gasteiger partial charge in [-0.3, -0.25) is 14.5 Å². The average molecular weight is 552 g/mol. The summed E-state index contributed by atoms with van der Waals surface area (Å²) in [5.41, 5.74) is 0.591. The Morgan fingerprint density at radius 2 is 1.73 bits per heavy atom. The fourth-order valence-corrected chi connectivity index (χ4v) is 5.47. The van der Waals surface area contributed by atoms with E-state index >= 15 is 0 Å². The molecule has 2 aromatic carbocycles. The van der Waals surface area contributed by atoms with E-state index in [2.05, 4.69) is 14.7 Å². The van der Waals surface area contributed by atoms with Crippen molar-refractivity contribution < 1.29 is 30.4 Å². The number of sulfonamides is 1. The van der Waals surface area contributed by atoms with Crippen molar-refractivity contribution in [3.8, 4) is 0 Å². The first kappa shape index (κ1) is 26.4. The number of aromatic nitrogens is 2. The van der Waals surface area contributed by atoms with Crippen LogP contribution in [0.25, 0.3) is 0 Å². The number of rotatable bonds is 7. The zero-order valence-electron chi connectivity index (χ0n) is 20.0. The second-order valence-electron chi connectivity index (χ2n) is 8.76. The molecule has 196 valence electrons. The molecule has 4 rings (SSSR count). The number of urea groups is 1. The molecule has 1 aliphatic heterocycles. The molecule has 14 heteroatoms. The molecule has 0 saturated carbocycles. The van der Waals surface area contributed by atoms with Crippen LogP contribution in [0.3, 0.4) is 0 Å². The maximum Gasteiger partial charge on any atom is 0.330 e. The summed E-state index contributed by atoms with van der Waals surface area (Å²) >= 11 is 0. The highest BCUT2D eigenvalue weighted by molar-refractivity contribution is 7.92. The number of nitrogens with one attached hydrogen (secondary N) is 1. The minimum atomic E-state index is -4.01. The monoisotopic (exact) mass is 551 g/mol. The molecule has 0 bridgehead atoms. The van der Waals surface area contributed by atoms with Crippen LogP contribution >= 0.6 is 0 Å². The summed E-state index contributed by atoms with van der Waals surface area (Å²) in [5, 5.41) is -0.415. The molecule has 3 aromatic rings. The first-order valence-corrected chi connectivity index (χ1v) is 14.5. The van der Waals surface area contributed by atoms with Crippen LogP contribution < -0.4 is 14.5 Å². The molecule has 0 aliphatic carbocycles. The molecule has 37 heavy (non-hydrogen) atoms. The number of halogens is 2. The van der Waals surface area contributed by atoms with Crippen molar-refractivity contribution >= 4 is 43.1 Å². The van der Waals surface area contributed by atoms with Crippen LogP contribution in [0.5, 0.6) is 0 Å². The first-order chi connectivity index (χ1) is 17.2. The molecule has 0 atom stereocenters. The Morgan fingerprint density at radius 3 is 2.32 bits per heavy atom. The van der Waals surface area contributed by atoms with Gasteiger partial charge in [0.25, 0.3) is 0 Å². The van der Waals surface area contributed by atoms with Crippen molar-refractivity contribution in [1.82, 2.24) is 9.97 Å². The summed E-state index contributed by atoms with van der Waals surface area (Å²) in [6.07, 6.45) is 2.27. The maximum atomic E-state index is 15.0. The van der Waals surface area contributed by atoms with Gasteiger partial charge < -0.3 is 0 Å². The Bertz CT molecular complexity index is 1580. The normalized spacial score (nSPS) is 14.2. The topological polar surface area (TPSA) is 130 Å². The second kappa shape index (κ2) is 9.67. The lowest BCUT2D eigenvalue weighted by molar-refractivity contribution is 0.248. The van der Waals surface area contributed by atoms with E-state index in [0.717, 1.165) is 24.5 Å². The Morgan fingerprint density at radius 1 is 1.05 bits per heavy atom. The van der Waals surface area contributed by atoms with Gasteiger partial charge in [0, 0.05) is 29.7 Å². The molecule has 0 unspecified atom stereocenters. The van der Waals surface area contributed by atoms with Crippen LogP contribution in [-0.2, 0) is 32.2 Å². The minimum Gasteiger partial charge on any atom is -0.289 e. The summed E-state index contributed by atoms with van der Waals surface area (Å²) < 4.78 is 79.0. The Hall–Kier alpha value is -3.65. The summed E-state index contributed by atoms with van der Waals surface area (Å²) in [4.78, 5) is 23.8. The number of fused-ring (bicyclic) bond motifs is 1. The molecular formula is C23H23F2N5O5S2. The average Bonchev–Trinajstić information content (AvgIpc) is 2.80. The van der Waals surface area contributed by atoms with Crippen LogP contribution in [0.15, 0.2) is 53.8 Å². The van der Waals surface area contributed by atoms with E-state index in [0.29, 0.717) is 11.1 Å². The molecule has 2 amide bonds. The van der Waals surface area contributed by atoms with Gasteiger partial charge in [0.2, 0.25) is 25.0 Å². The van der Waals surface area contributed by atoms with Gasteiger partial charge in [-0.2, -0.15) is 0 Å². The van der Waals surface area contributed by atoms with Crippen LogP contribution in [0, 0.1) is 11.6 Å². The van der Waals surface area contributed by atoms with Gasteiger partial charge >= 0.3 is 6.03 Å². The molecule has 10 nitrogen and oxygen atoms in total. The van der Waals surface area contributed by atoms with Crippen molar-refractivity contribution in [3.05, 3.63) is 71.4 Å². The highest BCUT2D eigenvalue weighted by Gasteiger charge is 2.35. The van der Waals surface area contributed by atoms with Gasteiger partial charge in [0.15, 0.2) is 0 Å². The third-order valence-electron chi connectivity index (χ3n) is 5.46. The van der Waals surface area contributed by atoms with Crippen LogP contribution in [0.2, 0.25) is 0 Å². The van der Waals surface area contributed by atoms with Crippen molar-refractivity contribution in [2.24, 2.45) is 0 Å². The van der Waals surface area contributed by atoms with E-state index in [4.69, 9.17) is 0 Å². The summed E-state index contributed by atoms with van der Waals surface area (Å²) in [6, 6.07) is 7.49. The fraction of sp³-hybridized carbons (Fsp3) is 0.261. The lowest BCUT2D eigenvalue weighted by Crippen LogP contribution is -2.51. The van der Waals surface area contributed by atoms with E-state index in [1.807, 2.05) is 0 Å². The van der Waals surface area contributed by atoms with Gasteiger partial charge in [0.05, 0.1) is 18.0 Å². The zero-order chi connectivity index (χ0) is 27.1. The highest BCUT2D eigenvalue weighted by atomic mass is 32.2.